The first-order chi connectivity index (χ1) is 6.86. The molecule has 0 aliphatic rings. The highest BCUT2D eigenvalue weighted by Crippen LogP contribution is 2.20. The molecule has 0 saturated carbocycles. The van der Waals surface area contributed by atoms with Gasteiger partial charge in [0.2, 0.25) is 0 Å². The monoisotopic (exact) mass is 211 g/mol. The first kappa shape index (κ1) is 11.2. The zero-order valence-electron chi connectivity index (χ0n) is 8.62. The second-order valence-electron chi connectivity index (χ2n) is 3.16. The van der Waals surface area contributed by atoms with Crippen LogP contribution in [0.15, 0.2) is 10.4 Å². The summed E-state index contributed by atoms with van der Waals surface area (Å²) in [4.78, 5) is 7.98. The van der Waals surface area contributed by atoms with Crippen molar-refractivity contribution >= 4 is 29.0 Å². The van der Waals surface area contributed by atoms with E-state index < -0.39 is 0 Å². The number of nitrogens with one attached hydrogen (secondary N) is 1. The fourth-order valence-electron chi connectivity index (χ4n) is 1.17. The highest BCUT2D eigenvalue weighted by Gasteiger charge is 1.97. The molecule has 1 aromatic rings. The summed E-state index contributed by atoms with van der Waals surface area (Å²) in [5, 5.41) is 6.13. The maximum absolute atomic E-state index is 4.22. The van der Waals surface area contributed by atoms with Gasteiger partial charge in [0.25, 0.3) is 0 Å². The highest BCUT2D eigenvalue weighted by molar-refractivity contribution is 7.14. The molecule has 3 nitrogen and oxygen atoms in total. The van der Waals surface area contributed by atoms with Crippen molar-refractivity contribution in [3.63, 3.8) is 0 Å². The van der Waals surface area contributed by atoms with Gasteiger partial charge < -0.3 is 5.32 Å². The van der Waals surface area contributed by atoms with E-state index in [1.165, 1.54) is 25.7 Å². The molecule has 0 saturated heterocycles. The third-order valence-corrected chi connectivity index (χ3v) is 2.75. The Morgan fingerprint density at radius 3 is 3.00 bits per heavy atom. The second-order valence-corrected chi connectivity index (χ2v) is 4.01. The van der Waals surface area contributed by atoms with Crippen LogP contribution in [0.3, 0.4) is 0 Å². The van der Waals surface area contributed by atoms with Gasteiger partial charge >= 0.3 is 0 Å². The lowest BCUT2D eigenvalue weighted by Gasteiger charge is -2.00. The van der Waals surface area contributed by atoms with Crippen molar-refractivity contribution < 1.29 is 0 Å². The number of unbranched alkanes of at least 4 members (excludes halogenated alkanes) is 3. The van der Waals surface area contributed by atoms with E-state index in [4.69, 9.17) is 0 Å². The van der Waals surface area contributed by atoms with E-state index >= 15 is 0 Å². The van der Waals surface area contributed by atoms with Crippen LogP contribution in [0.1, 0.15) is 32.6 Å². The molecular weight excluding hydrogens is 194 g/mol. The van der Waals surface area contributed by atoms with E-state index in [9.17, 15) is 0 Å². The van der Waals surface area contributed by atoms with Gasteiger partial charge in [-0.25, -0.2) is 9.98 Å². The zero-order chi connectivity index (χ0) is 10.2. The lowest BCUT2D eigenvalue weighted by Crippen LogP contribution is -2.00. The second kappa shape index (κ2) is 6.54. The lowest BCUT2D eigenvalue weighted by molar-refractivity contribution is 0.685. The smallest absolute Gasteiger partial charge is 0.184 e. The van der Waals surface area contributed by atoms with E-state index in [2.05, 4.69) is 28.9 Å². The SMILES string of the molecule is C=Nc1csc(NCCCCCC)n1. The fourth-order valence-corrected chi connectivity index (χ4v) is 1.84. The Balaban J connectivity index is 2.14. The number of anilines is 1. The summed E-state index contributed by atoms with van der Waals surface area (Å²) in [7, 11) is 0. The summed E-state index contributed by atoms with van der Waals surface area (Å²) in [5.74, 6) is 0.714. The van der Waals surface area contributed by atoms with Crippen molar-refractivity contribution in [3.05, 3.63) is 5.38 Å². The number of aromatic nitrogens is 1. The molecule has 78 valence electrons. The molecular formula is C10H17N3S. The predicted octanol–water partition coefficient (Wildman–Crippen LogP) is 3.47. The number of nitrogens with zero attached hydrogens (tertiary/aromatic N) is 2. The minimum Gasteiger partial charge on any atom is -0.361 e. The molecule has 0 radical (unpaired) electrons. The van der Waals surface area contributed by atoms with Crippen LogP contribution >= 0.6 is 11.3 Å². The largest absolute Gasteiger partial charge is 0.361 e. The van der Waals surface area contributed by atoms with Crippen molar-refractivity contribution in [1.82, 2.24) is 4.98 Å². The highest BCUT2D eigenvalue weighted by atomic mass is 32.1. The van der Waals surface area contributed by atoms with Crippen LogP contribution in [0.2, 0.25) is 0 Å². The Morgan fingerprint density at radius 2 is 2.36 bits per heavy atom. The summed E-state index contributed by atoms with van der Waals surface area (Å²) in [5.41, 5.74) is 0. The van der Waals surface area contributed by atoms with Crippen molar-refractivity contribution in [1.29, 1.82) is 0 Å². The molecule has 14 heavy (non-hydrogen) atoms. The molecule has 0 fully saturated rings. The first-order valence-electron chi connectivity index (χ1n) is 5.03. The number of aliphatic imine (C=N–C) groups is 1. The normalized spacial score (nSPS) is 10.1. The van der Waals surface area contributed by atoms with Crippen molar-refractivity contribution in [2.24, 2.45) is 4.99 Å². The molecule has 1 aromatic heterocycles. The van der Waals surface area contributed by atoms with Gasteiger partial charge in [-0.05, 0) is 13.1 Å². The van der Waals surface area contributed by atoms with Crippen molar-refractivity contribution in [2.45, 2.75) is 32.6 Å². The van der Waals surface area contributed by atoms with Crippen LogP contribution in [-0.4, -0.2) is 18.2 Å². The van der Waals surface area contributed by atoms with Crippen molar-refractivity contribution in [2.75, 3.05) is 11.9 Å². The summed E-state index contributed by atoms with van der Waals surface area (Å²) in [6.45, 7) is 6.65. The van der Waals surface area contributed by atoms with Crippen LogP contribution in [-0.2, 0) is 0 Å². The molecule has 0 spiro atoms. The predicted molar refractivity (Wildman–Crippen MR) is 64.0 cm³/mol. The molecule has 1 heterocycles. The van der Waals surface area contributed by atoms with Gasteiger partial charge in [0.15, 0.2) is 10.9 Å². The Morgan fingerprint density at radius 1 is 1.50 bits per heavy atom. The van der Waals surface area contributed by atoms with Crippen molar-refractivity contribution in [3.8, 4) is 0 Å². The average Bonchev–Trinajstić information content (AvgIpc) is 2.65. The standard InChI is InChI=1S/C10H17N3S/c1-3-4-5-6-7-12-10-13-9(11-2)8-14-10/h8H,2-7H2,1H3,(H,12,13). The van der Waals surface area contributed by atoms with Crippen LogP contribution in [0.4, 0.5) is 10.9 Å². The number of thiazole rings is 1. The molecule has 0 aliphatic carbocycles. The molecule has 4 heteroatoms. The third-order valence-electron chi connectivity index (χ3n) is 1.96. The molecule has 0 bridgehead atoms. The Hall–Kier alpha value is -0.900. The molecule has 1 N–H and O–H groups in total. The van der Waals surface area contributed by atoms with E-state index in [-0.39, 0.29) is 0 Å². The van der Waals surface area contributed by atoms with Gasteiger partial charge in [-0.15, -0.1) is 11.3 Å². The number of hydrogen-bond donors (Lipinski definition) is 1. The first-order valence-corrected chi connectivity index (χ1v) is 5.91. The Kier molecular flexibility index (Phi) is 5.22. The maximum atomic E-state index is 4.22. The molecule has 0 aromatic carbocycles. The number of rotatable bonds is 7. The molecule has 0 amide bonds. The fraction of sp³-hybridized carbons (Fsp3) is 0.600. The van der Waals surface area contributed by atoms with E-state index in [0.29, 0.717) is 5.82 Å². The summed E-state index contributed by atoms with van der Waals surface area (Å²) < 4.78 is 0. The van der Waals surface area contributed by atoms with Crippen LogP contribution in [0.5, 0.6) is 0 Å². The third kappa shape index (κ3) is 3.87. The summed E-state index contributed by atoms with van der Waals surface area (Å²) in [6, 6.07) is 0. The molecule has 0 unspecified atom stereocenters. The van der Waals surface area contributed by atoms with Crippen LogP contribution in [0.25, 0.3) is 0 Å². The van der Waals surface area contributed by atoms with Crippen LogP contribution < -0.4 is 5.32 Å². The Labute approximate surface area is 89.3 Å². The van der Waals surface area contributed by atoms with Gasteiger partial charge in [0, 0.05) is 11.9 Å². The minimum atomic E-state index is 0.714. The molecule has 0 aliphatic heterocycles. The Bertz CT molecular complexity index is 270. The zero-order valence-corrected chi connectivity index (χ0v) is 9.44. The van der Waals surface area contributed by atoms with Gasteiger partial charge in [0.05, 0.1) is 0 Å². The topological polar surface area (TPSA) is 37.3 Å². The summed E-state index contributed by atoms with van der Waals surface area (Å²) in [6.07, 6.45) is 5.10. The van der Waals surface area contributed by atoms with Gasteiger partial charge in [0.1, 0.15) is 0 Å². The van der Waals surface area contributed by atoms with E-state index in [0.717, 1.165) is 11.7 Å². The lowest BCUT2D eigenvalue weighted by atomic mass is 10.2. The maximum Gasteiger partial charge on any atom is 0.184 e. The van der Waals surface area contributed by atoms with Gasteiger partial charge in [-0.1, -0.05) is 26.2 Å². The van der Waals surface area contributed by atoms with E-state index in [1.807, 2.05) is 5.38 Å². The summed E-state index contributed by atoms with van der Waals surface area (Å²) >= 11 is 1.58. The van der Waals surface area contributed by atoms with Crippen LogP contribution in [0, 0.1) is 0 Å². The van der Waals surface area contributed by atoms with Gasteiger partial charge in [-0.2, -0.15) is 0 Å². The van der Waals surface area contributed by atoms with Gasteiger partial charge in [-0.3, -0.25) is 0 Å². The average molecular weight is 211 g/mol. The molecule has 1 rings (SSSR count). The quantitative estimate of drug-likeness (QED) is 0.554. The number of hydrogen-bond acceptors (Lipinski definition) is 4. The van der Waals surface area contributed by atoms with E-state index in [1.54, 1.807) is 11.3 Å². The molecule has 0 atom stereocenters. The minimum absolute atomic E-state index is 0.714.